The summed E-state index contributed by atoms with van der Waals surface area (Å²) in [4.78, 5) is 28.5. The maximum atomic E-state index is 13.6. The van der Waals surface area contributed by atoms with E-state index >= 15 is 0 Å². The number of carbonyl (C=O) groups excluding carboxylic acids is 2. The molecule has 0 spiro atoms. The second kappa shape index (κ2) is 14.2. The SMILES string of the molecule is CCCNC(=O)[C@H](Cc1ccccc1)N(Cc1cccc(Cl)c1)C(=O)CSCc1ccc(Cl)cc1. The van der Waals surface area contributed by atoms with E-state index in [1.807, 2.05) is 79.7 Å². The Morgan fingerprint density at radius 3 is 2.29 bits per heavy atom. The minimum absolute atomic E-state index is 0.0866. The Hall–Kier alpha value is -2.47. The van der Waals surface area contributed by atoms with Gasteiger partial charge in [0.05, 0.1) is 5.75 Å². The maximum Gasteiger partial charge on any atom is 0.243 e. The molecule has 0 saturated heterocycles. The Balaban J connectivity index is 1.82. The van der Waals surface area contributed by atoms with Gasteiger partial charge in [-0.1, -0.05) is 84.7 Å². The number of hydrogen-bond donors (Lipinski definition) is 1. The molecule has 1 N–H and O–H groups in total. The van der Waals surface area contributed by atoms with Crippen LogP contribution in [0.4, 0.5) is 0 Å². The van der Waals surface area contributed by atoms with Gasteiger partial charge in [-0.25, -0.2) is 0 Å². The van der Waals surface area contributed by atoms with E-state index in [4.69, 9.17) is 23.2 Å². The van der Waals surface area contributed by atoms with Crippen molar-refractivity contribution in [3.63, 3.8) is 0 Å². The fourth-order valence-corrected chi connectivity index (χ4v) is 4.88. The second-order valence-corrected chi connectivity index (χ2v) is 10.1. The standard InChI is InChI=1S/C28H30Cl2N2O2S/c1-2-15-31-28(34)26(17-21-7-4-3-5-8-21)32(18-23-9-6-10-25(30)16-23)27(33)20-35-19-22-11-13-24(29)14-12-22/h3-14,16,26H,2,15,17-20H2,1H3,(H,31,34)/t26-/m0/s1. The van der Waals surface area contributed by atoms with Gasteiger partial charge >= 0.3 is 0 Å². The summed E-state index contributed by atoms with van der Waals surface area (Å²) in [5.41, 5.74) is 2.98. The molecule has 0 aliphatic carbocycles. The van der Waals surface area contributed by atoms with Gasteiger partial charge in [-0.2, -0.15) is 0 Å². The summed E-state index contributed by atoms with van der Waals surface area (Å²) in [5.74, 6) is 0.708. The summed E-state index contributed by atoms with van der Waals surface area (Å²) in [6.45, 7) is 2.88. The Kier molecular flexibility index (Phi) is 11.0. The molecule has 0 fully saturated rings. The maximum absolute atomic E-state index is 13.6. The molecule has 3 aromatic carbocycles. The van der Waals surface area contributed by atoms with E-state index in [2.05, 4.69) is 5.32 Å². The van der Waals surface area contributed by atoms with Crippen LogP contribution in [0.25, 0.3) is 0 Å². The number of nitrogens with zero attached hydrogens (tertiary/aromatic N) is 1. The molecule has 0 heterocycles. The summed E-state index contributed by atoms with van der Waals surface area (Å²) >= 11 is 13.7. The molecule has 0 saturated carbocycles. The van der Waals surface area contributed by atoms with Gasteiger partial charge in [0.25, 0.3) is 0 Å². The highest BCUT2D eigenvalue weighted by molar-refractivity contribution is 7.99. The van der Waals surface area contributed by atoms with E-state index in [1.54, 1.807) is 11.0 Å². The molecule has 7 heteroatoms. The zero-order valence-electron chi connectivity index (χ0n) is 19.8. The van der Waals surface area contributed by atoms with Gasteiger partial charge in [0.1, 0.15) is 6.04 Å². The molecule has 3 rings (SSSR count). The highest BCUT2D eigenvalue weighted by Crippen LogP contribution is 2.20. The number of nitrogens with one attached hydrogen (secondary N) is 1. The zero-order valence-corrected chi connectivity index (χ0v) is 22.1. The molecule has 4 nitrogen and oxygen atoms in total. The first-order valence-electron chi connectivity index (χ1n) is 11.6. The van der Waals surface area contributed by atoms with Gasteiger partial charge in [0.2, 0.25) is 11.8 Å². The summed E-state index contributed by atoms with van der Waals surface area (Å²) in [6.07, 6.45) is 1.26. The minimum Gasteiger partial charge on any atom is -0.354 e. The fraction of sp³-hybridized carbons (Fsp3) is 0.286. The lowest BCUT2D eigenvalue weighted by atomic mass is 10.0. The number of benzene rings is 3. The van der Waals surface area contributed by atoms with Crippen LogP contribution in [0.15, 0.2) is 78.9 Å². The molecular formula is C28H30Cl2N2O2S. The topological polar surface area (TPSA) is 49.4 Å². The summed E-state index contributed by atoms with van der Waals surface area (Å²) in [6, 6.07) is 24.2. The lowest BCUT2D eigenvalue weighted by Gasteiger charge is -2.31. The molecule has 184 valence electrons. The van der Waals surface area contributed by atoms with E-state index in [9.17, 15) is 9.59 Å². The smallest absolute Gasteiger partial charge is 0.243 e. The fourth-order valence-electron chi connectivity index (χ4n) is 3.67. The molecule has 3 aromatic rings. The number of rotatable bonds is 12. The van der Waals surface area contributed by atoms with Crippen LogP contribution in [0.2, 0.25) is 10.0 Å². The minimum atomic E-state index is -0.633. The molecule has 2 amide bonds. The van der Waals surface area contributed by atoms with Crippen LogP contribution in [0.1, 0.15) is 30.0 Å². The zero-order chi connectivity index (χ0) is 25.0. The molecule has 1 atom stereocenters. The predicted molar refractivity (Wildman–Crippen MR) is 147 cm³/mol. The molecule has 0 bridgehead atoms. The van der Waals surface area contributed by atoms with Crippen LogP contribution in [0.5, 0.6) is 0 Å². The van der Waals surface area contributed by atoms with Gasteiger partial charge in [-0.05, 0) is 47.4 Å². The normalized spacial score (nSPS) is 11.6. The van der Waals surface area contributed by atoms with Crippen molar-refractivity contribution in [1.29, 1.82) is 0 Å². The van der Waals surface area contributed by atoms with E-state index in [0.717, 1.165) is 23.1 Å². The number of amides is 2. The van der Waals surface area contributed by atoms with E-state index in [-0.39, 0.29) is 17.6 Å². The lowest BCUT2D eigenvalue weighted by molar-refractivity contribution is -0.139. The van der Waals surface area contributed by atoms with Crippen molar-refractivity contribution in [2.45, 2.75) is 38.1 Å². The summed E-state index contributed by atoms with van der Waals surface area (Å²) in [5, 5.41) is 4.28. The molecule has 0 aromatic heterocycles. The number of thioether (sulfide) groups is 1. The third kappa shape index (κ3) is 8.92. The highest BCUT2D eigenvalue weighted by atomic mass is 35.5. The highest BCUT2D eigenvalue weighted by Gasteiger charge is 2.30. The van der Waals surface area contributed by atoms with Crippen LogP contribution in [-0.2, 0) is 28.3 Å². The molecule has 35 heavy (non-hydrogen) atoms. The van der Waals surface area contributed by atoms with Gasteiger partial charge in [-0.3, -0.25) is 9.59 Å². The largest absolute Gasteiger partial charge is 0.354 e. The predicted octanol–water partition coefficient (Wildman–Crippen LogP) is 6.39. The number of carbonyl (C=O) groups is 2. The van der Waals surface area contributed by atoms with E-state index < -0.39 is 6.04 Å². The van der Waals surface area contributed by atoms with Gasteiger partial charge in [0, 0.05) is 35.3 Å². The van der Waals surface area contributed by atoms with Gasteiger partial charge in [0.15, 0.2) is 0 Å². The lowest BCUT2D eigenvalue weighted by Crippen LogP contribution is -2.51. The molecule has 0 radical (unpaired) electrons. The van der Waals surface area contributed by atoms with Crippen molar-refractivity contribution < 1.29 is 9.59 Å². The molecule has 0 aliphatic heterocycles. The Bertz CT molecular complexity index is 1090. The Morgan fingerprint density at radius 1 is 0.886 bits per heavy atom. The monoisotopic (exact) mass is 528 g/mol. The quantitative estimate of drug-likeness (QED) is 0.296. The number of hydrogen-bond acceptors (Lipinski definition) is 3. The van der Waals surface area contributed by atoms with Gasteiger partial charge < -0.3 is 10.2 Å². The second-order valence-electron chi connectivity index (χ2n) is 8.27. The first kappa shape index (κ1) is 27.1. The van der Waals surface area contributed by atoms with E-state index in [1.165, 1.54) is 11.8 Å². The van der Waals surface area contributed by atoms with Crippen molar-refractivity contribution in [3.05, 3.63) is 106 Å². The Labute approximate surface area is 222 Å². The average molecular weight is 530 g/mol. The molecular weight excluding hydrogens is 499 g/mol. The van der Waals surface area contributed by atoms with Crippen LogP contribution in [0.3, 0.4) is 0 Å². The van der Waals surface area contributed by atoms with Crippen LogP contribution in [0, 0.1) is 0 Å². The third-order valence-corrected chi connectivity index (χ3v) is 6.95. The first-order valence-corrected chi connectivity index (χ1v) is 13.5. The van der Waals surface area contributed by atoms with Crippen molar-refractivity contribution in [2.75, 3.05) is 12.3 Å². The third-order valence-electron chi connectivity index (χ3n) is 5.47. The van der Waals surface area contributed by atoms with Crippen molar-refractivity contribution in [2.24, 2.45) is 0 Å². The average Bonchev–Trinajstić information content (AvgIpc) is 2.86. The van der Waals surface area contributed by atoms with Gasteiger partial charge in [-0.15, -0.1) is 11.8 Å². The molecule has 0 aliphatic rings. The van der Waals surface area contributed by atoms with Crippen LogP contribution < -0.4 is 5.32 Å². The first-order chi connectivity index (χ1) is 17.0. The number of halogens is 2. The Morgan fingerprint density at radius 2 is 1.60 bits per heavy atom. The molecule has 0 unspecified atom stereocenters. The summed E-state index contributed by atoms with van der Waals surface area (Å²) in [7, 11) is 0. The van der Waals surface area contributed by atoms with Crippen molar-refractivity contribution in [3.8, 4) is 0 Å². The van der Waals surface area contributed by atoms with Crippen LogP contribution >= 0.6 is 35.0 Å². The van der Waals surface area contributed by atoms with Crippen LogP contribution in [-0.4, -0.2) is 35.1 Å². The van der Waals surface area contributed by atoms with Crippen molar-refractivity contribution in [1.82, 2.24) is 10.2 Å². The van der Waals surface area contributed by atoms with Crippen molar-refractivity contribution >= 4 is 46.8 Å². The summed E-state index contributed by atoms with van der Waals surface area (Å²) < 4.78 is 0. The van der Waals surface area contributed by atoms with E-state index in [0.29, 0.717) is 35.3 Å².